The average molecular weight is 398 g/mol. The van der Waals surface area contributed by atoms with Gasteiger partial charge in [-0.3, -0.25) is 0 Å². The summed E-state index contributed by atoms with van der Waals surface area (Å²) < 4.78 is 43.3. The van der Waals surface area contributed by atoms with E-state index in [2.05, 4.69) is 26.7 Å². The van der Waals surface area contributed by atoms with Gasteiger partial charge >= 0.3 is 6.18 Å². The molecule has 3 rings (SSSR count). The van der Waals surface area contributed by atoms with Crippen LogP contribution in [0, 0.1) is 0 Å². The molecule has 2 N–H and O–H groups in total. The number of hydrogen-bond acceptors (Lipinski definition) is 4. The number of ether oxygens (including phenoxy) is 1. The zero-order valence-electron chi connectivity index (χ0n) is 14.9. The van der Waals surface area contributed by atoms with E-state index in [0.717, 1.165) is 41.9 Å². The number of fused-ring (bicyclic) bond motifs is 1. The molecule has 0 aliphatic carbocycles. The molecule has 1 aliphatic rings. The number of rotatable bonds is 6. The molecule has 2 aromatic rings. The van der Waals surface area contributed by atoms with E-state index in [9.17, 15) is 13.2 Å². The largest absolute Gasteiger partial charge is 0.493 e. The number of nitrogens with zero attached hydrogens (tertiary/aromatic N) is 2. The fourth-order valence-electron chi connectivity index (χ4n) is 2.72. The second kappa shape index (κ2) is 8.60. The highest BCUT2D eigenvalue weighted by Crippen LogP contribution is 2.30. The number of halogens is 3. The summed E-state index contributed by atoms with van der Waals surface area (Å²) in [5.41, 5.74) is 1.57. The van der Waals surface area contributed by atoms with Crippen LogP contribution in [-0.4, -0.2) is 30.6 Å². The van der Waals surface area contributed by atoms with Gasteiger partial charge in [-0.05, 0) is 30.5 Å². The van der Waals surface area contributed by atoms with Crippen molar-refractivity contribution in [3.63, 3.8) is 0 Å². The molecule has 0 bridgehead atoms. The number of thiazole rings is 1. The number of hydrogen-bond donors (Lipinski definition) is 2. The molecule has 0 fully saturated rings. The molecule has 0 spiro atoms. The van der Waals surface area contributed by atoms with Crippen LogP contribution in [-0.2, 0) is 25.6 Å². The Morgan fingerprint density at radius 2 is 2.19 bits per heavy atom. The molecule has 0 saturated carbocycles. The second-order valence-corrected chi connectivity index (χ2v) is 6.98. The van der Waals surface area contributed by atoms with Crippen LogP contribution < -0.4 is 15.4 Å². The molecule has 0 radical (unpaired) electrons. The van der Waals surface area contributed by atoms with Crippen LogP contribution in [0.2, 0.25) is 0 Å². The summed E-state index contributed by atoms with van der Waals surface area (Å²) in [6.45, 7) is 4.10. The van der Waals surface area contributed by atoms with Crippen molar-refractivity contribution < 1.29 is 17.9 Å². The number of guanidine groups is 1. The Morgan fingerprint density at radius 3 is 2.93 bits per heavy atom. The Balaban J connectivity index is 1.54. The fraction of sp³-hybridized carbons (Fsp3) is 0.444. The molecule has 1 aromatic heterocycles. The first-order chi connectivity index (χ1) is 13.0. The van der Waals surface area contributed by atoms with E-state index in [4.69, 9.17) is 4.74 Å². The van der Waals surface area contributed by atoms with Crippen LogP contribution in [0.5, 0.6) is 5.75 Å². The zero-order valence-corrected chi connectivity index (χ0v) is 15.7. The zero-order chi connectivity index (χ0) is 19.3. The predicted octanol–water partition coefficient (Wildman–Crippen LogP) is 3.39. The molecule has 5 nitrogen and oxygen atoms in total. The second-order valence-electron chi connectivity index (χ2n) is 6.04. The van der Waals surface area contributed by atoms with E-state index in [1.54, 1.807) is 0 Å². The number of aliphatic imine (C=N–C) groups is 1. The summed E-state index contributed by atoms with van der Waals surface area (Å²) in [4.78, 5) is 7.92. The number of benzene rings is 1. The SMILES string of the molecule is CCNC(=NCc1nc(C(F)(F)F)cs1)NCCc1ccc2c(c1)CCO2. The highest BCUT2D eigenvalue weighted by atomic mass is 32.1. The average Bonchev–Trinajstić information content (AvgIpc) is 3.28. The van der Waals surface area contributed by atoms with Crippen LogP contribution in [0.15, 0.2) is 28.6 Å². The van der Waals surface area contributed by atoms with E-state index >= 15 is 0 Å². The standard InChI is InChI=1S/C18H21F3N4OS/c1-2-22-17(24-10-16-25-15(11-27-16)18(19,20)21)23-7-5-12-3-4-14-13(9-12)6-8-26-14/h3-4,9,11H,2,5-8,10H2,1H3,(H2,22,23,24). The minimum atomic E-state index is -4.41. The molecule has 27 heavy (non-hydrogen) atoms. The summed E-state index contributed by atoms with van der Waals surface area (Å²) in [7, 11) is 0. The minimum Gasteiger partial charge on any atom is -0.493 e. The monoisotopic (exact) mass is 398 g/mol. The number of alkyl halides is 3. The van der Waals surface area contributed by atoms with Crippen LogP contribution in [0.3, 0.4) is 0 Å². The van der Waals surface area contributed by atoms with Crippen molar-refractivity contribution in [3.05, 3.63) is 45.4 Å². The Hall–Kier alpha value is -2.29. The van der Waals surface area contributed by atoms with Crippen molar-refractivity contribution in [3.8, 4) is 5.75 Å². The van der Waals surface area contributed by atoms with Gasteiger partial charge in [0.05, 0.1) is 13.2 Å². The third-order valence-electron chi connectivity index (χ3n) is 4.02. The highest BCUT2D eigenvalue weighted by molar-refractivity contribution is 7.09. The Bertz CT molecular complexity index is 804. The summed E-state index contributed by atoms with van der Waals surface area (Å²) in [5.74, 6) is 1.52. The van der Waals surface area contributed by atoms with Gasteiger partial charge < -0.3 is 15.4 Å². The normalized spacial score (nSPS) is 14.0. The molecule has 1 aliphatic heterocycles. The van der Waals surface area contributed by atoms with Gasteiger partial charge in [-0.2, -0.15) is 13.2 Å². The lowest BCUT2D eigenvalue weighted by Crippen LogP contribution is -2.38. The van der Waals surface area contributed by atoms with Crippen molar-refractivity contribution in [1.82, 2.24) is 15.6 Å². The van der Waals surface area contributed by atoms with Gasteiger partial charge in [-0.25, -0.2) is 9.98 Å². The molecule has 0 amide bonds. The Morgan fingerprint density at radius 1 is 1.33 bits per heavy atom. The molecular formula is C18H21F3N4OS. The molecule has 2 heterocycles. The van der Waals surface area contributed by atoms with Gasteiger partial charge in [-0.15, -0.1) is 11.3 Å². The van der Waals surface area contributed by atoms with Crippen LogP contribution in [0.25, 0.3) is 0 Å². The van der Waals surface area contributed by atoms with Crippen LogP contribution in [0.4, 0.5) is 13.2 Å². The molecule has 9 heteroatoms. The van der Waals surface area contributed by atoms with Gasteiger partial charge in [0.1, 0.15) is 10.8 Å². The lowest BCUT2D eigenvalue weighted by atomic mass is 10.1. The third kappa shape index (κ3) is 5.35. The summed E-state index contributed by atoms with van der Waals surface area (Å²) in [6, 6.07) is 6.20. The van der Waals surface area contributed by atoms with Gasteiger partial charge in [0, 0.05) is 24.9 Å². The Kier molecular flexibility index (Phi) is 6.20. The summed E-state index contributed by atoms with van der Waals surface area (Å²) >= 11 is 0.963. The third-order valence-corrected chi connectivity index (χ3v) is 4.85. The van der Waals surface area contributed by atoms with Crippen molar-refractivity contribution in [2.75, 3.05) is 19.7 Å². The van der Waals surface area contributed by atoms with Gasteiger partial charge in [0.2, 0.25) is 0 Å². The lowest BCUT2D eigenvalue weighted by molar-refractivity contribution is -0.140. The highest BCUT2D eigenvalue weighted by Gasteiger charge is 2.33. The summed E-state index contributed by atoms with van der Waals surface area (Å²) in [5, 5.41) is 7.65. The molecule has 0 saturated heterocycles. The minimum absolute atomic E-state index is 0.103. The van der Waals surface area contributed by atoms with E-state index in [1.165, 1.54) is 11.1 Å². The van der Waals surface area contributed by atoms with Gasteiger partial charge in [0.15, 0.2) is 11.7 Å². The van der Waals surface area contributed by atoms with E-state index < -0.39 is 11.9 Å². The number of nitrogens with one attached hydrogen (secondary N) is 2. The van der Waals surface area contributed by atoms with Crippen LogP contribution >= 0.6 is 11.3 Å². The van der Waals surface area contributed by atoms with Crippen LogP contribution in [0.1, 0.15) is 28.8 Å². The van der Waals surface area contributed by atoms with Crippen molar-refractivity contribution >= 4 is 17.3 Å². The van der Waals surface area contributed by atoms with E-state index in [0.29, 0.717) is 24.1 Å². The van der Waals surface area contributed by atoms with Gasteiger partial charge in [0.25, 0.3) is 0 Å². The topological polar surface area (TPSA) is 58.5 Å². The molecule has 0 atom stereocenters. The predicted molar refractivity (Wildman–Crippen MR) is 99.3 cm³/mol. The van der Waals surface area contributed by atoms with Gasteiger partial charge in [-0.1, -0.05) is 12.1 Å². The fourth-order valence-corrected chi connectivity index (χ4v) is 3.45. The summed E-state index contributed by atoms with van der Waals surface area (Å²) in [6.07, 6.45) is -2.66. The first-order valence-electron chi connectivity index (χ1n) is 8.74. The van der Waals surface area contributed by atoms with E-state index in [-0.39, 0.29) is 6.54 Å². The smallest absolute Gasteiger partial charge is 0.434 e. The van der Waals surface area contributed by atoms with Crippen molar-refractivity contribution in [2.24, 2.45) is 4.99 Å². The maximum atomic E-state index is 12.6. The molecular weight excluding hydrogens is 377 g/mol. The van der Waals surface area contributed by atoms with Crippen molar-refractivity contribution in [1.29, 1.82) is 0 Å². The molecule has 0 unspecified atom stereocenters. The first kappa shape index (κ1) is 19.5. The lowest BCUT2D eigenvalue weighted by Gasteiger charge is -2.11. The van der Waals surface area contributed by atoms with Crippen molar-refractivity contribution in [2.45, 2.75) is 32.5 Å². The Labute approximate surface area is 159 Å². The number of aromatic nitrogens is 1. The van der Waals surface area contributed by atoms with E-state index in [1.807, 2.05) is 19.1 Å². The molecule has 146 valence electrons. The first-order valence-corrected chi connectivity index (χ1v) is 9.62. The maximum Gasteiger partial charge on any atom is 0.434 e. The maximum absolute atomic E-state index is 12.6. The molecule has 1 aromatic carbocycles. The quantitative estimate of drug-likeness (QED) is 0.579.